The largest absolute Gasteiger partial charge is 0.350 e. The second-order valence-electron chi connectivity index (χ2n) is 3.45. The number of anilines is 1. The van der Waals surface area contributed by atoms with Crippen LogP contribution in [0.5, 0.6) is 0 Å². The van der Waals surface area contributed by atoms with Gasteiger partial charge in [0.25, 0.3) is 0 Å². The first kappa shape index (κ1) is 10.6. The number of rotatable bonds is 4. The Morgan fingerprint density at radius 1 is 1.00 bits per heavy atom. The van der Waals surface area contributed by atoms with Gasteiger partial charge in [0.2, 0.25) is 5.95 Å². The standard InChI is InChI=1S/C12H14N4/c13-8-10-2-4-11(5-3-10)9-16-12-14-6-1-7-15-12/h1-7H,8-9,13H2,(H,14,15,16). The summed E-state index contributed by atoms with van der Waals surface area (Å²) in [6.07, 6.45) is 3.43. The zero-order chi connectivity index (χ0) is 11.2. The topological polar surface area (TPSA) is 63.8 Å². The van der Waals surface area contributed by atoms with Crippen molar-refractivity contribution < 1.29 is 0 Å². The minimum atomic E-state index is 0.579. The first-order valence-electron chi connectivity index (χ1n) is 5.17. The van der Waals surface area contributed by atoms with E-state index in [1.54, 1.807) is 18.5 Å². The number of nitrogens with two attached hydrogens (primary N) is 1. The third kappa shape index (κ3) is 2.77. The number of benzene rings is 1. The quantitative estimate of drug-likeness (QED) is 0.810. The Morgan fingerprint density at radius 3 is 2.25 bits per heavy atom. The van der Waals surface area contributed by atoms with Crippen LogP contribution in [0.4, 0.5) is 5.95 Å². The molecule has 0 aliphatic heterocycles. The Morgan fingerprint density at radius 2 is 1.62 bits per heavy atom. The normalized spacial score (nSPS) is 10.1. The number of nitrogens with zero attached hydrogens (tertiary/aromatic N) is 2. The van der Waals surface area contributed by atoms with Crippen LogP contribution in [-0.2, 0) is 13.1 Å². The molecule has 0 spiro atoms. The molecule has 0 saturated carbocycles. The van der Waals surface area contributed by atoms with E-state index in [1.165, 1.54) is 5.56 Å². The van der Waals surface area contributed by atoms with Crippen molar-refractivity contribution in [2.75, 3.05) is 5.32 Å². The van der Waals surface area contributed by atoms with Crippen molar-refractivity contribution in [2.45, 2.75) is 13.1 Å². The van der Waals surface area contributed by atoms with Gasteiger partial charge < -0.3 is 11.1 Å². The molecule has 0 aliphatic rings. The monoisotopic (exact) mass is 214 g/mol. The number of hydrogen-bond donors (Lipinski definition) is 2. The molecule has 82 valence electrons. The fraction of sp³-hybridized carbons (Fsp3) is 0.167. The third-order valence-electron chi connectivity index (χ3n) is 2.28. The zero-order valence-electron chi connectivity index (χ0n) is 8.93. The van der Waals surface area contributed by atoms with Crippen LogP contribution in [0.1, 0.15) is 11.1 Å². The van der Waals surface area contributed by atoms with Crippen LogP contribution in [0.15, 0.2) is 42.7 Å². The van der Waals surface area contributed by atoms with Gasteiger partial charge in [-0.1, -0.05) is 24.3 Å². The predicted molar refractivity (Wildman–Crippen MR) is 63.7 cm³/mol. The van der Waals surface area contributed by atoms with E-state index in [2.05, 4.69) is 27.4 Å². The highest BCUT2D eigenvalue weighted by Crippen LogP contribution is 2.05. The van der Waals surface area contributed by atoms with Crippen molar-refractivity contribution in [3.8, 4) is 0 Å². The van der Waals surface area contributed by atoms with Gasteiger partial charge >= 0.3 is 0 Å². The minimum Gasteiger partial charge on any atom is -0.350 e. The molecule has 2 aromatic rings. The molecule has 0 amide bonds. The summed E-state index contributed by atoms with van der Waals surface area (Å²) >= 11 is 0. The average molecular weight is 214 g/mol. The summed E-state index contributed by atoms with van der Waals surface area (Å²) in [5.41, 5.74) is 7.85. The molecule has 1 aromatic carbocycles. The molecule has 1 aromatic heterocycles. The third-order valence-corrected chi connectivity index (χ3v) is 2.28. The molecule has 0 bridgehead atoms. The zero-order valence-corrected chi connectivity index (χ0v) is 8.93. The lowest BCUT2D eigenvalue weighted by Gasteiger charge is -2.04. The van der Waals surface area contributed by atoms with Gasteiger partial charge in [-0.15, -0.1) is 0 Å². The molecular formula is C12H14N4. The van der Waals surface area contributed by atoms with Crippen molar-refractivity contribution in [1.82, 2.24) is 9.97 Å². The van der Waals surface area contributed by atoms with Crippen molar-refractivity contribution in [2.24, 2.45) is 5.73 Å². The fourth-order valence-corrected chi connectivity index (χ4v) is 1.36. The number of hydrogen-bond acceptors (Lipinski definition) is 4. The molecule has 0 saturated heterocycles. The minimum absolute atomic E-state index is 0.579. The molecule has 16 heavy (non-hydrogen) atoms. The second kappa shape index (κ2) is 5.23. The van der Waals surface area contributed by atoms with Crippen LogP contribution >= 0.6 is 0 Å². The molecule has 0 aliphatic carbocycles. The van der Waals surface area contributed by atoms with E-state index >= 15 is 0 Å². The molecule has 0 atom stereocenters. The number of nitrogens with one attached hydrogen (secondary N) is 1. The summed E-state index contributed by atoms with van der Waals surface area (Å²) in [5, 5.41) is 3.14. The van der Waals surface area contributed by atoms with Gasteiger partial charge in [0.05, 0.1) is 0 Å². The van der Waals surface area contributed by atoms with Crippen molar-refractivity contribution in [3.63, 3.8) is 0 Å². The smallest absolute Gasteiger partial charge is 0.222 e. The van der Waals surface area contributed by atoms with E-state index in [4.69, 9.17) is 5.73 Å². The molecule has 0 radical (unpaired) electrons. The lowest BCUT2D eigenvalue weighted by Crippen LogP contribution is -2.03. The summed E-state index contributed by atoms with van der Waals surface area (Å²) in [4.78, 5) is 8.17. The van der Waals surface area contributed by atoms with E-state index in [9.17, 15) is 0 Å². The van der Waals surface area contributed by atoms with Gasteiger partial charge in [-0.2, -0.15) is 0 Å². The van der Waals surface area contributed by atoms with E-state index in [0.717, 1.165) is 12.1 Å². The Labute approximate surface area is 94.5 Å². The summed E-state index contributed by atoms with van der Waals surface area (Å²) in [7, 11) is 0. The van der Waals surface area contributed by atoms with Crippen molar-refractivity contribution in [1.29, 1.82) is 0 Å². The average Bonchev–Trinajstić information content (AvgIpc) is 2.38. The maximum Gasteiger partial charge on any atom is 0.222 e. The number of aromatic nitrogens is 2. The van der Waals surface area contributed by atoms with E-state index < -0.39 is 0 Å². The molecule has 2 rings (SSSR count). The van der Waals surface area contributed by atoms with Gasteiger partial charge in [0.1, 0.15) is 0 Å². The van der Waals surface area contributed by atoms with Crippen LogP contribution in [-0.4, -0.2) is 9.97 Å². The lowest BCUT2D eigenvalue weighted by atomic mass is 10.1. The molecule has 0 unspecified atom stereocenters. The first-order valence-corrected chi connectivity index (χ1v) is 5.17. The summed E-state index contributed by atoms with van der Waals surface area (Å²) in [6.45, 7) is 1.30. The summed E-state index contributed by atoms with van der Waals surface area (Å²) < 4.78 is 0. The Kier molecular flexibility index (Phi) is 3.46. The molecule has 4 heteroatoms. The summed E-state index contributed by atoms with van der Waals surface area (Å²) in [5.74, 6) is 0.644. The van der Waals surface area contributed by atoms with Crippen LogP contribution in [0, 0.1) is 0 Å². The van der Waals surface area contributed by atoms with Gasteiger partial charge in [-0.25, -0.2) is 9.97 Å². The molecule has 0 fully saturated rings. The SMILES string of the molecule is NCc1ccc(CNc2ncccn2)cc1. The van der Waals surface area contributed by atoms with Gasteiger partial charge in [-0.3, -0.25) is 0 Å². The molecule has 3 N–H and O–H groups in total. The Hall–Kier alpha value is -1.94. The van der Waals surface area contributed by atoms with Crippen molar-refractivity contribution in [3.05, 3.63) is 53.9 Å². The van der Waals surface area contributed by atoms with Crippen LogP contribution in [0.25, 0.3) is 0 Å². The Bertz CT molecular complexity index is 425. The molecule has 4 nitrogen and oxygen atoms in total. The van der Waals surface area contributed by atoms with Crippen LogP contribution in [0.2, 0.25) is 0 Å². The lowest BCUT2D eigenvalue weighted by molar-refractivity contribution is 1.04. The maximum atomic E-state index is 5.53. The van der Waals surface area contributed by atoms with E-state index in [1.807, 2.05) is 12.1 Å². The van der Waals surface area contributed by atoms with Gasteiger partial charge in [0.15, 0.2) is 0 Å². The van der Waals surface area contributed by atoms with E-state index in [-0.39, 0.29) is 0 Å². The van der Waals surface area contributed by atoms with Crippen LogP contribution in [0.3, 0.4) is 0 Å². The summed E-state index contributed by atoms with van der Waals surface area (Å²) in [6, 6.07) is 9.96. The Balaban J connectivity index is 1.94. The first-order chi connectivity index (χ1) is 7.88. The predicted octanol–water partition coefficient (Wildman–Crippen LogP) is 1.55. The highest BCUT2D eigenvalue weighted by atomic mass is 15.1. The van der Waals surface area contributed by atoms with Crippen LogP contribution < -0.4 is 11.1 Å². The highest BCUT2D eigenvalue weighted by Gasteiger charge is 1.95. The molecule has 1 heterocycles. The van der Waals surface area contributed by atoms with E-state index in [0.29, 0.717) is 12.5 Å². The maximum absolute atomic E-state index is 5.53. The fourth-order valence-electron chi connectivity index (χ4n) is 1.36. The highest BCUT2D eigenvalue weighted by molar-refractivity contribution is 5.28. The molecular weight excluding hydrogens is 200 g/mol. The van der Waals surface area contributed by atoms with Crippen molar-refractivity contribution >= 4 is 5.95 Å². The van der Waals surface area contributed by atoms with Gasteiger partial charge in [-0.05, 0) is 17.2 Å². The van der Waals surface area contributed by atoms with Gasteiger partial charge in [0, 0.05) is 25.5 Å². The second-order valence-corrected chi connectivity index (χ2v) is 3.45.